The molecule has 144 valence electrons. The van der Waals surface area contributed by atoms with Crippen LogP contribution in [0.4, 0.5) is 0 Å². The Morgan fingerprint density at radius 3 is 2.60 bits per heavy atom. The molecule has 8 heteroatoms. The topological polar surface area (TPSA) is 61.8 Å². The number of likely N-dealkylation sites (tertiary alicyclic amines) is 1. The molecule has 1 saturated heterocycles. The zero-order valence-electron chi connectivity index (χ0n) is 15.8. The quantitative estimate of drug-likeness (QED) is 0.356. The highest BCUT2D eigenvalue weighted by molar-refractivity contribution is 14.0. The van der Waals surface area contributed by atoms with Gasteiger partial charge in [-0.2, -0.15) is 0 Å². The lowest BCUT2D eigenvalue weighted by atomic mass is 9.97. The molecule has 6 nitrogen and oxygen atoms in total. The highest BCUT2D eigenvalue weighted by Gasteiger charge is 2.19. The molecule has 0 amide bonds. The number of rotatable bonds is 7. The van der Waals surface area contributed by atoms with E-state index in [-0.39, 0.29) is 24.0 Å². The monoisotopic (exact) mass is 481 g/mol. The SMILES string of the molecule is CN=C(NCc1sc(C)nc1C)NCC1CCN(CCOC)CC1.I. The lowest BCUT2D eigenvalue weighted by molar-refractivity contribution is 0.121. The van der Waals surface area contributed by atoms with E-state index < -0.39 is 0 Å². The first-order chi connectivity index (χ1) is 11.6. The number of aliphatic imine (C=N–C) groups is 1. The van der Waals surface area contributed by atoms with Gasteiger partial charge in [0.05, 0.1) is 23.9 Å². The summed E-state index contributed by atoms with van der Waals surface area (Å²) in [6, 6.07) is 0. The number of guanidine groups is 1. The molecule has 1 aromatic heterocycles. The van der Waals surface area contributed by atoms with E-state index in [1.807, 2.05) is 14.0 Å². The van der Waals surface area contributed by atoms with Crippen LogP contribution in [0.3, 0.4) is 0 Å². The lowest BCUT2D eigenvalue weighted by Gasteiger charge is -2.32. The molecule has 1 aliphatic heterocycles. The van der Waals surface area contributed by atoms with Gasteiger partial charge in [-0.25, -0.2) is 4.98 Å². The zero-order chi connectivity index (χ0) is 17.4. The number of halogens is 1. The predicted molar refractivity (Wildman–Crippen MR) is 116 cm³/mol. The van der Waals surface area contributed by atoms with Crippen LogP contribution in [-0.4, -0.2) is 62.8 Å². The van der Waals surface area contributed by atoms with E-state index >= 15 is 0 Å². The van der Waals surface area contributed by atoms with E-state index in [9.17, 15) is 0 Å². The Kier molecular flexibility index (Phi) is 10.9. The van der Waals surface area contributed by atoms with E-state index in [0.717, 1.165) is 48.8 Å². The van der Waals surface area contributed by atoms with Crippen LogP contribution in [-0.2, 0) is 11.3 Å². The second kappa shape index (κ2) is 12.0. The molecule has 2 rings (SSSR count). The number of methoxy groups -OCH3 is 1. The van der Waals surface area contributed by atoms with Gasteiger partial charge < -0.3 is 20.3 Å². The van der Waals surface area contributed by atoms with Crippen LogP contribution in [0.25, 0.3) is 0 Å². The van der Waals surface area contributed by atoms with Crippen LogP contribution in [0.15, 0.2) is 4.99 Å². The highest BCUT2D eigenvalue weighted by atomic mass is 127. The van der Waals surface area contributed by atoms with Crippen LogP contribution in [0.5, 0.6) is 0 Å². The fourth-order valence-electron chi connectivity index (χ4n) is 3.00. The van der Waals surface area contributed by atoms with Crippen molar-refractivity contribution < 1.29 is 4.74 Å². The molecule has 1 fully saturated rings. The van der Waals surface area contributed by atoms with Gasteiger partial charge in [0.15, 0.2) is 5.96 Å². The molecule has 25 heavy (non-hydrogen) atoms. The van der Waals surface area contributed by atoms with Crippen LogP contribution < -0.4 is 10.6 Å². The molecule has 0 radical (unpaired) electrons. The summed E-state index contributed by atoms with van der Waals surface area (Å²) in [4.78, 5) is 12.6. The second-order valence-corrected chi connectivity index (χ2v) is 7.61. The van der Waals surface area contributed by atoms with Crippen LogP contribution >= 0.6 is 35.3 Å². The summed E-state index contributed by atoms with van der Waals surface area (Å²) >= 11 is 1.75. The minimum absolute atomic E-state index is 0. The summed E-state index contributed by atoms with van der Waals surface area (Å²) in [5.74, 6) is 1.59. The molecule has 0 atom stereocenters. The molecule has 0 unspecified atom stereocenters. The number of hydrogen-bond acceptors (Lipinski definition) is 5. The summed E-state index contributed by atoms with van der Waals surface area (Å²) in [5, 5.41) is 7.99. The third-order valence-electron chi connectivity index (χ3n) is 4.52. The fourth-order valence-corrected chi connectivity index (χ4v) is 3.87. The summed E-state index contributed by atoms with van der Waals surface area (Å²) in [6.45, 7) is 10.1. The lowest BCUT2D eigenvalue weighted by Crippen LogP contribution is -2.43. The van der Waals surface area contributed by atoms with Crippen LogP contribution in [0.1, 0.15) is 28.4 Å². The van der Waals surface area contributed by atoms with Crippen molar-refractivity contribution in [2.45, 2.75) is 33.2 Å². The summed E-state index contributed by atoms with van der Waals surface area (Å²) < 4.78 is 5.16. The zero-order valence-corrected chi connectivity index (χ0v) is 18.9. The van der Waals surface area contributed by atoms with Crippen molar-refractivity contribution >= 4 is 41.3 Å². The van der Waals surface area contributed by atoms with Crippen molar-refractivity contribution in [3.05, 3.63) is 15.6 Å². The Labute approximate surface area is 172 Å². The number of aryl methyl sites for hydroxylation is 2. The maximum absolute atomic E-state index is 5.16. The van der Waals surface area contributed by atoms with Crippen molar-refractivity contribution in [3.8, 4) is 0 Å². The molecule has 0 spiro atoms. The van der Waals surface area contributed by atoms with Crippen molar-refractivity contribution in [1.82, 2.24) is 20.5 Å². The Morgan fingerprint density at radius 1 is 1.32 bits per heavy atom. The molecule has 0 saturated carbocycles. The van der Waals surface area contributed by atoms with Gasteiger partial charge in [0.1, 0.15) is 0 Å². The molecule has 0 bridgehead atoms. The van der Waals surface area contributed by atoms with Crippen molar-refractivity contribution in [3.63, 3.8) is 0 Å². The van der Waals surface area contributed by atoms with Crippen LogP contribution in [0, 0.1) is 19.8 Å². The largest absolute Gasteiger partial charge is 0.383 e. The van der Waals surface area contributed by atoms with E-state index in [1.165, 1.54) is 30.8 Å². The van der Waals surface area contributed by atoms with Gasteiger partial charge in [0, 0.05) is 32.1 Å². The second-order valence-electron chi connectivity index (χ2n) is 6.33. The minimum atomic E-state index is 0. The van der Waals surface area contributed by atoms with Crippen molar-refractivity contribution in [2.24, 2.45) is 10.9 Å². The summed E-state index contributed by atoms with van der Waals surface area (Å²) in [6.07, 6.45) is 2.47. The van der Waals surface area contributed by atoms with Gasteiger partial charge in [0.25, 0.3) is 0 Å². The molecule has 1 aromatic rings. The first-order valence-electron chi connectivity index (χ1n) is 8.71. The Morgan fingerprint density at radius 2 is 2.04 bits per heavy atom. The van der Waals surface area contributed by atoms with Crippen LogP contribution in [0.2, 0.25) is 0 Å². The van der Waals surface area contributed by atoms with E-state index in [1.54, 1.807) is 18.4 Å². The van der Waals surface area contributed by atoms with Gasteiger partial charge in [0.2, 0.25) is 0 Å². The number of nitrogens with zero attached hydrogens (tertiary/aromatic N) is 3. The number of nitrogens with one attached hydrogen (secondary N) is 2. The standard InChI is InChI=1S/C17H31N5OS.HI/c1-13-16(24-14(2)21-13)12-20-17(18-3)19-11-15-5-7-22(8-6-15)9-10-23-4;/h15H,5-12H2,1-4H3,(H2,18,19,20);1H. The smallest absolute Gasteiger partial charge is 0.191 e. The number of aromatic nitrogens is 1. The number of ether oxygens (including phenoxy) is 1. The normalized spacial score (nSPS) is 16.6. The first-order valence-corrected chi connectivity index (χ1v) is 9.52. The van der Waals surface area contributed by atoms with Gasteiger partial charge in [-0.3, -0.25) is 4.99 Å². The van der Waals surface area contributed by atoms with Gasteiger partial charge in [-0.15, -0.1) is 35.3 Å². The molecule has 0 aromatic carbocycles. The molecule has 2 heterocycles. The molecule has 1 aliphatic rings. The molecular weight excluding hydrogens is 449 g/mol. The van der Waals surface area contributed by atoms with E-state index in [2.05, 4.69) is 32.4 Å². The number of piperidine rings is 1. The Hall–Kier alpha value is -0.450. The number of thiazole rings is 1. The summed E-state index contributed by atoms with van der Waals surface area (Å²) in [5.41, 5.74) is 1.11. The third-order valence-corrected chi connectivity index (χ3v) is 5.59. The maximum atomic E-state index is 5.16. The maximum Gasteiger partial charge on any atom is 0.191 e. The van der Waals surface area contributed by atoms with Gasteiger partial charge >= 0.3 is 0 Å². The van der Waals surface area contributed by atoms with Gasteiger partial charge in [-0.1, -0.05) is 0 Å². The van der Waals surface area contributed by atoms with E-state index in [0.29, 0.717) is 0 Å². The van der Waals surface area contributed by atoms with Crippen molar-refractivity contribution in [1.29, 1.82) is 0 Å². The average Bonchev–Trinajstić information content (AvgIpc) is 2.91. The minimum Gasteiger partial charge on any atom is -0.383 e. The average molecular weight is 481 g/mol. The number of hydrogen-bond donors (Lipinski definition) is 2. The predicted octanol–water partition coefficient (Wildman–Crippen LogP) is 2.40. The summed E-state index contributed by atoms with van der Waals surface area (Å²) in [7, 11) is 3.60. The van der Waals surface area contributed by atoms with E-state index in [4.69, 9.17) is 4.74 Å². The Balaban J connectivity index is 0.00000312. The van der Waals surface area contributed by atoms with Crippen molar-refractivity contribution in [2.75, 3.05) is 46.9 Å². The fraction of sp³-hybridized carbons (Fsp3) is 0.765. The first kappa shape index (κ1) is 22.6. The molecular formula is C17H32IN5OS. The Bertz CT molecular complexity index is 529. The molecule has 0 aliphatic carbocycles. The molecule has 2 N–H and O–H groups in total. The third kappa shape index (κ3) is 7.76. The van der Waals surface area contributed by atoms with Gasteiger partial charge in [-0.05, 0) is 45.7 Å². The highest BCUT2D eigenvalue weighted by Crippen LogP contribution is 2.17.